The number of nitrogens with zero attached hydrogens (tertiary/aromatic N) is 1. The molecule has 0 radical (unpaired) electrons. The maximum atomic E-state index is 11.9. The van der Waals surface area contributed by atoms with Crippen molar-refractivity contribution in [1.82, 2.24) is 4.98 Å². The van der Waals surface area contributed by atoms with E-state index in [2.05, 4.69) is 10.3 Å². The summed E-state index contributed by atoms with van der Waals surface area (Å²) in [4.78, 5) is 15.9. The predicted molar refractivity (Wildman–Crippen MR) is 82.3 cm³/mol. The maximum Gasteiger partial charge on any atom is 0.266 e. The topological polar surface area (TPSA) is 51.2 Å². The molecule has 1 amide bonds. The zero-order chi connectivity index (χ0) is 14.7. The monoisotopic (exact) mass is 350 g/mol. The molecule has 1 aromatic carbocycles. The smallest absolute Gasteiger partial charge is 0.266 e. The zero-order valence-corrected chi connectivity index (χ0v) is 13.3. The normalized spacial score (nSPS) is 12.0. The van der Waals surface area contributed by atoms with Crippen LogP contribution in [0.4, 0.5) is 5.13 Å². The van der Waals surface area contributed by atoms with Crippen molar-refractivity contribution < 1.29 is 9.53 Å². The third-order valence-electron chi connectivity index (χ3n) is 2.31. The molecule has 0 aliphatic carbocycles. The van der Waals surface area contributed by atoms with Crippen LogP contribution in [0.3, 0.4) is 0 Å². The minimum absolute atomic E-state index is 0.285. The molecule has 0 aliphatic heterocycles. The summed E-state index contributed by atoms with van der Waals surface area (Å²) in [5, 5.41) is 5.81. The lowest BCUT2D eigenvalue weighted by atomic mass is 10.3. The quantitative estimate of drug-likeness (QED) is 0.825. The fraction of sp³-hybridized carbons (Fsp3) is 0.167. The number of carbonyl (C=O) groups is 1. The van der Waals surface area contributed by atoms with Gasteiger partial charge in [-0.25, -0.2) is 4.98 Å². The summed E-state index contributed by atoms with van der Waals surface area (Å²) >= 11 is 19.0. The van der Waals surface area contributed by atoms with Crippen LogP contribution >= 0.6 is 46.1 Å². The molecule has 0 fully saturated rings. The molecule has 20 heavy (non-hydrogen) atoms. The Labute approximate surface area is 134 Å². The van der Waals surface area contributed by atoms with Crippen LogP contribution in [0.25, 0.3) is 0 Å². The number of carbonyl (C=O) groups excluding carboxylic acids is 1. The number of halogens is 3. The van der Waals surface area contributed by atoms with Crippen LogP contribution in [0, 0.1) is 0 Å². The van der Waals surface area contributed by atoms with Gasteiger partial charge in [-0.15, -0.1) is 11.3 Å². The number of hydrogen-bond acceptors (Lipinski definition) is 4. The van der Waals surface area contributed by atoms with E-state index in [9.17, 15) is 4.79 Å². The Bertz CT molecular complexity index is 619. The highest BCUT2D eigenvalue weighted by Crippen LogP contribution is 2.34. The van der Waals surface area contributed by atoms with Crippen molar-refractivity contribution in [3.8, 4) is 5.75 Å². The SMILES string of the molecule is CC(Oc1cc(Cl)c(Cl)cc1Cl)C(=O)Nc1nccs1. The molecule has 2 aromatic rings. The van der Waals surface area contributed by atoms with E-state index in [1.807, 2.05) is 0 Å². The molecule has 0 spiro atoms. The summed E-state index contributed by atoms with van der Waals surface area (Å²) < 4.78 is 5.48. The molecular weight excluding hydrogens is 343 g/mol. The highest BCUT2D eigenvalue weighted by molar-refractivity contribution is 7.13. The first-order valence-electron chi connectivity index (χ1n) is 5.49. The number of rotatable bonds is 4. The fourth-order valence-electron chi connectivity index (χ4n) is 1.33. The van der Waals surface area contributed by atoms with E-state index in [4.69, 9.17) is 39.5 Å². The van der Waals surface area contributed by atoms with E-state index in [-0.39, 0.29) is 10.9 Å². The second-order valence-electron chi connectivity index (χ2n) is 3.78. The minimum atomic E-state index is -0.756. The lowest BCUT2D eigenvalue weighted by molar-refractivity contribution is -0.122. The van der Waals surface area contributed by atoms with Crippen molar-refractivity contribution in [3.63, 3.8) is 0 Å². The van der Waals surface area contributed by atoms with Gasteiger partial charge in [0.2, 0.25) is 0 Å². The highest BCUT2D eigenvalue weighted by atomic mass is 35.5. The second kappa shape index (κ2) is 6.63. The first-order valence-corrected chi connectivity index (χ1v) is 7.50. The van der Waals surface area contributed by atoms with Gasteiger partial charge in [-0.05, 0) is 13.0 Å². The van der Waals surface area contributed by atoms with Crippen molar-refractivity contribution >= 4 is 57.2 Å². The Morgan fingerprint density at radius 2 is 2.00 bits per heavy atom. The van der Waals surface area contributed by atoms with Crippen LogP contribution in [0.15, 0.2) is 23.7 Å². The van der Waals surface area contributed by atoms with E-state index in [0.29, 0.717) is 20.9 Å². The first-order chi connectivity index (χ1) is 9.47. The Kier molecular flexibility index (Phi) is 5.10. The fourth-order valence-corrected chi connectivity index (χ4v) is 2.44. The van der Waals surface area contributed by atoms with E-state index in [1.54, 1.807) is 18.5 Å². The number of amides is 1. The average molecular weight is 352 g/mol. The minimum Gasteiger partial charge on any atom is -0.479 e. The molecule has 1 N–H and O–H groups in total. The van der Waals surface area contributed by atoms with Crippen molar-refractivity contribution in [2.75, 3.05) is 5.32 Å². The number of hydrogen-bond donors (Lipinski definition) is 1. The van der Waals surface area contributed by atoms with Gasteiger partial charge in [0.1, 0.15) is 5.75 Å². The van der Waals surface area contributed by atoms with Gasteiger partial charge in [-0.1, -0.05) is 34.8 Å². The molecule has 1 aromatic heterocycles. The van der Waals surface area contributed by atoms with Gasteiger partial charge in [0.15, 0.2) is 11.2 Å². The number of benzene rings is 1. The van der Waals surface area contributed by atoms with Crippen molar-refractivity contribution in [1.29, 1.82) is 0 Å². The van der Waals surface area contributed by atoms with E-state index < -0.39 is 6.10 Å². The van der Waals surface area contributed by atoms with E-state index in [1.165, 1.54) is 23.5 Å². The van der Waals surface area contributed by atoms with Crippen LogP contribution in [0.2, 0.25) is 15.1 Å². The van der Waals surface area contributed by atoms with Crippen LogP contribution in [0.5, 0.6) is 5.75 Å². The molecular formula is C12H9Cl3N2O2S. The molecule has 0 bridgehead atoms. The summed E-state index contributed by atoms with van der Waals surface area (Å²) in [5.41, 5.74) is 0. The molecule has 0 aliphatic rings. The summed E-state index contributed by atoms with van der Waals surface area (Å²) in [5.74, 6) is -0.0371. The number of thiazole rings is 1. The number of ether oxygens (including phenoxy) is 1. The van der Waals surface area contributed by atoms with Gasteiger partial charge >= 0.3 is 0 Å². The van der Waals surface area contributed by atoms with E-state index >= 15 is 0 Å². The second-order valence-corrected chi connectivity index (χ2v) is 5.90. The molecule has 0 saturated carbocycles. The summed E-state index contributed by atoms with van der Waals surface area (Å²) in [7, 11) is 0. The number of nitrogens with one attached hydrogen (secondary N) is 1. The molecule has 4 nitrogen and oxygen atoms in total. The summed E-state index contributed by atoms with van der Waals surface area (Å²) in [6, 6.07) is 2.94. The van der Waals surface area contributed by atoms with Gasteiger partial charge in [0.05, 0.1) is 15.1 Å². The Morgan fingerprint density at radius 3 is 2.65 bits per heavy atom. The Morgan fingerprint density at radius 1 is 1.30 bits per heavy atom. The summed E-state index contributed by atoms with van der Waals surface area (Å²) in [6.45, 7) is 1.60. The van der Waals surface area contributed by atoms with E-state index in [0.717, 1.165) is 0 Å². The zero-order valence-electron chi connectivity index (χ0n) is 10.2. The molecule has 1 heterocycles. The molecule has 1 atom stereocenters. The molecule has 1 unspecified atom stereocenters. The first kappa shape index (κ1) is 15.4. The maximum absolute atomic E-state index is 11.9. The van der Waals surface area contributed by atoms with Gasteiger partial charge < -0.3 is 4.74 Å². The molecule has 106 valence electrons. The average Bonchev–Trinajstić information content (AvgIpc) is 2.88. The van der Waals surface area contributed by atoms with Crippen LogP contribution < -0.4 is 10.1 Å². The van der Waals surface area contributed by atoms with Crippen LogP contribution in [-0.2, 0) is 4.79 Å². The Hall–Kier alpha value is -1.01. The number of anilines is 1. The molecule has 2 rings (SSSR count). The third-order valence-corrected chi connectivity index (χ3v) is 4.02. The van der Waals surface area contributed by atoms with Gasteiger partial charge in [0, 0.05) is 17.6 Å². The lowest BCUT2D eigenvalue weighted by Gasteiger charge is -2.15. The molecule has 8 heteroatoms. The van der Waals surface area contributed by atoms with Gasteiger partial charge in [0.25, 0.3) is 5.91 Å². The van der Waals surface area contributed by atoms with Crippen molar-refractivity contribution in [2.45, 2.75) is 13.0 Å². The van der Waals surface area contributed by atoms with Crippen molar-refractivity contribution in [2.24, 2.45) is 0 Å². The van der Waals surface area contributed by atoms with Gasteiger partial charge in [-0.2, -0.15) is 0 Å². The predicted octanol–water partition coefficient (Wildman–Crippen LogP) is 4.51. The standard InChI is InChI=1S/C12H9Cl3N2O2S/c1-6(11(18)17-12-16-2-3-20-12)19-10-5-8(14)7(13)4-9(10)15/h2-6H,1H3,(H,16,17,18). The van der Waals surface area contributed by atoms with Crippen LogP contribution in [0.1, 0.15) is 6.92 Å². The molecule has 0 saturated heterocycles. The third kappa shape index (κ3) is 3.76. The largest absolute Gasteiger partial charge is 0.479 e. The lowest BCUT2D eigenvalue weighted by Crippen LogP contribution is -2.30. The van der Waals surface area contributed by atoms with Crippen LogP contribution in [-0.4, -0.2) is 17.0 Å². The Balaban J connectivity index is 2.05. The highest BCUT2D eigenvalue weighted by Gasteiger charge is 2.18. The number of aromatic nitrogens is 1. The van der Waals surface area contributed by atoms with Gasteiger partial charge in [-0.3, -0.25) is 10.1 Å². The summed E-state index contributed by atoms with van der Waals surface area (Å²) in [6.07, 6.45) is 0.843. The van der Waals surface area contributed by atoms with Crippen molar-refractivity contribution in [3.05, 3.63) is 38.8 Å².